The van der Waals surface area contributed by atoms with Crippen molar-refractivity contribution in [2.24, 2.45) is 5.73 Å². The van der Waals surface area contributed by atoms with E-state index in [4.69, 9.17) is 27.1 Å². The zero-order chi connectivity index (χ0) is 22.5. The van der Waals surface area contributed by atoms with Crippen LogP contribution in [0.25, 0.3) is 11.3 Å². The summed E-state index contributed by atoms with van der Waals surface area (Å²) < 4.78 is 5.93. The third kappa shape index (κ3) is 5.33. The SMILES string of the molecule is NC(=O)c1cccc(-c2cccc([C@@H]3CN(C(=O)CCc4cccc(Cl)c4)CCO3)n2)c1. The first-order chi connectivity index (χ1) is 15.5. The van der Waals surface area contributed by atoms with E-state index in [0.717, 1.165) is 22.5 Å². The first-order valence-corrected chi connectivity index (χ1v) is 10.9. The van der Waals surface area contributed by atoms with Crippen LogP contribution in [0.5, 0.6) is 0 Å². The van der Waals surface area contributed by atoms with Gasteiger partial charge in [0.2, 0.25) is 11.8 Å². The molecule has 1 atom stereocenters. The van der Waals surface area contributed by atoms with Crippen molar-refractivity contribution < 1.29 is 14.3 Å². The zero-order valence-corrected chi connectivity index (χ0v) is 18.3. The van der Waals surface area contributed by atoms with Crippen LogP contribution in [-0.2, 0) is 16.0 Å². The number of carbonyl (C=O) groups is 2. The molecular weight excluding hydrogens is 426 g/mol. The van der Waals surface area contributed by atoms with Gasteiger partial charge in [0.1, 0.15) is 6.10 Å². The normalized spacial score (nSPS) is 16.0. The summed E-state index contributed by atoms with van der Waals surface area (Å²) in [5.74, 6) is -0.394. The third-order valence-electron chi connectivity index (χ3n) is 5.48. The summed E-state index contributed by atoms with van der Waals surface area (Å²) in [6, 6.07) is 20.3. The minimum Gasteiger partial charge on any atom is -0.368 e. The van der Waals surface area contributed by atoms with Gasteiger partial charge in [-0.15, -0.1) is 0 Å². The Morgan fingerprint density at radius 2 is 1.91 bits per heavy atom. The Labute approximate surface area is 192 Å². The quantitative estimate of drug-likeness (QED) is 0.615. The van der Waals surface area contributed by atoms with E-state index in [-0.39, 0.29) is 12.0 Å². The van der Waals surface area contributed by atoms with Crippen molar-refractivity contribution in [3.05, 3.63) is 88.6 Å². The Morgan fingerprint density at radius 3 is 2.72 bits per heavy atom. The predicted octanol–water partition coefficient (Wildman–Crippen LogP) is 4.03. The van der Waals surface area contributed by atoms with E-state index in [1.54, 1.807) is 18.2 Å². The fraction of sp³-hybridized carbons (Fsp3) is 0.240. The number of primary amides is 1. The molecule has 2 aromatic carbocycles. The van der Waals surface area contributed by atoms with Gasteiger partial charge in [-0.3, -0.25) is 9.59 Å². The van der Waals surface area contributed by atoms with Gasteiger partial charge in [-0.1, -0.05) is 41.9 Å². The Kier molecular flexibility index (Phi) is 6.83. The average Bonchev–Trinajstić information content (AvgIpc) is 2.83. The summed E-state index contributed by atoms with van der Waals surface area (Å²) in [5.41, 5.74) is 9.14. The summed E-state index contributed by atoms with van der Waals surface area (Å²) in [6.07, 6.45) is 0.754. The largest absolute Gasteiger partial charge is 0.368 e. The number of carbonyl (C=O) groups excluding carboxylic acids is 2. The summed E-state index contributed by atoms with van der Waals surface area (Å²) in [4.78, 5) is 30.9. The van der Waals surface area contributed by atoms with Crippen molar-refractivity contribution in [2.45, 2.75) is 18.9 Å². The van der Waals surface area contributed by atoms with Crippen molar-refractivity contribution in [1.82, 2.24) is 9.88 Å². The van der Waals surface area contributed by atoms with Crippen LogP contribution in [-0.4, -0.2) is 41.4 Å². The van der Waals surface area contributed by atoms with Crippen molar-refractivity contribution in [1.29, 1.82) is 0 Å². The molecule has 7 heteroatoms. The molecular formula is C25H24ClN3O3. The van der Waals surface area contributed by atoms with Crippen LogP contribution < -0.4 is 5.73 Å². The first kappa shape index (κ1) is 22.0. The number of nitrogens with two attached hydrogens (primary N) is 1. The molecule has 4 rings (SSSR count). The molecule has 0 bridgehead atoms. The molecule has 2 N–H and O–H groups in total. The molecule has 1 saturated heterocycles. The molecule has 3 aromatic rings. The summed E-state index contributed by atoms with van der Waals surface area (Å²) in [7, 11) is 0. The lowest BCUT2D eigenvalue weighted by atomic mass is 10.1. The van der Waals surface area contributed by atoms with Gasteiger partial charge in [-0.05, 0) is 48.4 Å². The van der Waals surface area contributed by atoms with Gasteiger partial charge >= 0.3 is 0 Å². The Hall–Kier alpha value is -3.22. The molecule has 0 radical (unpaired) electrons. The Bertz CT molecular complexity index is 1130. The molecule has 1 fully saturated rings. The van der Waals surface area contributed by atoms with Gasteiger partial charge in [-0.25, -0.2) is 4.98 Å². The van der Waals surface area contributed by atoms with E-state index < -0.39 is 5.91 Å². The molecule has 0 spiro atoms. The van der Waals surface area contributed by atoms with Crippen LogP contribution >= 0.6 is 11.6 Å². The smallest absolute Gasteiger partial charge is 0.248 e. The lowest BCUT2D eigenvalue weighted by Gasteiger charge is -2.33. The van der Waals surface area contributed by atoms with Crippen LogP contribution in [0.2, 0.25) is 5.02 Å². The molecule has 1 aromatic heterocycles. The maximum atomic E-state index is 12.8. The van der Waals surface area contributed by atoms with Crippen molar-refractivity contribution in [3.63, 3.8) is 0 Å². The van der Waals surface area contributed by atoms with Gasteiger partial charge < -0.3 is 15.4 Å². The van der Waals surface area contributed by atoms with Gasteiger partial charge in [0.05, 0.1) is 24.5 Å². The second kappa shape index (κ2) is 9.94. The van der Waals surface area contributed by atoms with Gasteiger partial charge in [0.25, 0.3) is 0 Å². The second-order valence-corrected chi connectivity index (χ2v) is 8.16. The summed E-state index contributed by atoms with van der Waals surface area (Å²) in [6.45, 7) is 1.47. The van der Waals surface area contributed by atoms with Gasteiger partial charge in [0, 0.05) is 29.1 Å². The van der Waals surface area contributed by atoms with Crippen LogP contribution in [0.1, 0.15) is 34.1 Å². The Balaban J connectivity index is 1.44. The van der Waals surface area contributed by atoms with Crippen LogP contribution in [0, 0.1) is 0 Å². The molecule has 1 aliphatic heterocycles. The number of aryl methyl sites for hydroxylation is 1. The average molecular weight is 450 g/mol. The fourth-order valence-corrected chi connectivity index (χ4v) is 3.99. The molecule has 6 nitrogen and oxygen atoms in total. The van der Waals surface area contributed by atoms with E-state index in [2.05, 4.69) is 0 Å². The van der Waals surface area contributed by atoms with Crippen molar-refractivity contribution >= 4 is 23.4 Å². The second-order valence-electron chi connectivity index (χ2n) is 7.72. The number of aromatic nitrogens is 1. The first-order valence-electron chi connectivity index (χ1n) is 10.5. The van der Waals surface area contributed by atoms with E-state index in [1.165, 1.54) is 0 Å². The standard InChI is InChI=1S/C25H24ClN3O3/c26-20-7-1-4-17(14-20)10-11-24(30)29-12-13-32-23(16-29)22-9-3-8-21(28-22)18-5-2-6-19(15-18)25(27)31/h1-9,14-15,23H,10-13,16H2,(H2,27,31)/t23-/m0/s1. The number of hydrogen-bond acceptors (Lipinski definition) is 4. The van der Waals surface area contributed by atoms with Crippen molar-refractivity contribution in [2.75, 3.05) is 19.7 Å². The lowest BCUT2D eigenvalue weighted by Crippen LogP contribution is -2.42. The number of benzene rings is 2. The number of amides is 2. The maximum Gasteiger partial charge on any atom is 0.248 e. The molecule has 32 heavy (non-hydrogen) atoms. The molecule has 0 unspecified atom stereocenters. The number of ether oxygens (including phenoxy) is 1. The highest BCUT2D eigenvalue weighted by Crippen LogP contribution is 2.25. The number of nitrogens with zero attached hydrogens (tertiary/aromatic N) is 2. The highest BCUT2D eigenvalue weighted by atomic mass is 35.5. The highest BCUT2D eigenvalue weighted by Gasteiger charge is 2.26. The van der Waals surface area contributed by atoms with Gasteiger partial charge in [0.15, 0.2) is 0 Å². The van der Waals surface area contributed by atoms with Crippen LogP contribution in [0.3, 0.4) is 0 Å². The molecule has 2 heterocycles. The third-order valence-corrected chi connectivity index (χ3v) is 5.71. The number of pyridine rings is 1. The van der Waals surface area contributed by atoms with E-state index in [1.807, 2.05) is 53.4 Å². The van der Waals surface area contributed by atoms with E-state index >= 15 is 0 Å². The highest BCUT2D eigenvalue weighted by molar-refractivity contribution is 6.30. The predicted molar refractivity (Wildman–Crippen MR) is 123 cm³/mol. The van der Waals surface area contributed by atoms with E-state index in [9.17, 15) is 9.59 Å². The topological polar surface area (TPSA) is 85.5 Å². The lowest BCUT2D eigenvalue weighted by molar-refractivity contribution is -0.139. The summed E-state index contributed by atoms with van der Waals surface area (Å²) >= 11 is 6.04. The zero-order valence-electron chi connectivity index (χ0n) is 17.5. The molecule has 0 aliphatic carbocycles. The van der Waals surface area contributed by atoms with Gasteiger partial charge in [-0.2, -0.15) is 0 Å². The fourth-order valence-electron chi connectivity index (χ4n) is 3.78. The maximum absolute atomic E-state index is 12.8. The molecule has 164 valence electrons. The molecule has 1 aliphatic rings. The number of hydrogen-bond donors (Lipinski definition) is 1. The minimum absolute atomic E-state index is 0.0867. The minimum atomic E-state index is -0.481. The van der Waals surface area contributed by atoms with Crippen molar-refractivity contribution in [3.8, 4) is 11.3 Å². The number of rotatable bonds is 6. The number of morpholine rings is 1. The molecule has 2 amide bonds. The Morgan fingerprint density at radius 1 is 1.09 bits per heavy atom. The van der Waals surface area contributed by atoms with Crippen LogP contribution in [0.4, 0.5) is 0 Å². The monoisotopic (exact) mass is 449 g/mol. The molecule has 0 saturated carbocycles. The van der Waals surface area contributed by atoms with Crippen LogP contribution in [0.15, 0.2) is 66.7 Å². The van der Waals surface area contributed by atoms with E-state index in [0.29, 0.717) is 43.1 Å². The summed E-state index contributed by atoms with van der Waals surface area (Å²) in [5, 5.41) is 0.675. The number of halogens is 1.